The van der Waals surface area contributed by atoms with Crippen LogP contribution in [0.2, 0.25) is 5.02 Å². The minimum atomic E-state index is -0.659. The van der Waals surface area contributed by atoms with Gasteiger partial charge in [0, 0.05) is 13.2 Å². The zero-order chi connectivity index (χ0) is 18.1. The van der Waals surface area contributed by atoms with Crippen molar-refractivity contribution in [2.75, 3.05) is 13.2 Å². The molecule has 2 rings (SSSR count). The first-order valence-corrected chi connectivity index (χ1v) is 8.39. The third kappa shape index (κ3) is 6.25. The highest BCUT2D eigenvalue weighted by Gasteiger charge is 2.17. The van der Waals surface area contributed by atoms with E-state index in [0.717, 1.165) is 5.76 Å². The summed E-state index contributed by atoms with van der Waals surface area (Å²) in [5, 5.41) is 5.73. The Morgan fingerprint density at radius 2 is 2.04 bits per heavy atom. The average Bonchev–Trinajstić information content (AvgIpc) is 3.11. The topological polar surface area (TPSA) is 80.6 Å². The van der Waals surface area contributed by atoms with Crippen LogP contribution < -0.4 is 10.6 Å². The van der Waals surface area contributed by atoms with E-state index in [1.807, 2.05) is 6.07 Å². The van der Waals surface area contributed by atoms with Gasteiger partial charge in [0.05, 0.1) is 16.8 Å². The van der Waals surface area contributed by atoms with Crippen LogP contribution in [0.4, 0.5) is 0 Å². The van der Waals surface area contributed by atoms with Gasteiger partial charge in [-0.2, -0.15) is 0 Å². The molecule has 2 N–H and O–H groups in total. The van der Waals surface area contributed by atoms with Gasteiger partial charge in [-0.1, -0.05) is 23.7 Å². The van der Waals surface area contributed by atoms with Crippen LogP contribution in [0.3, 0.4) is 0 Å². The van der Waals surface area contributed by atoms with E-state index in [2.05, 4.69) is 10.6 Å². The van der Waals surface area contributed by atoms with Gasteiger partial charge >= 0.3 is 0 Å². The van der Waals surface area contributed by atoms with Crippen molar-refractivity contribution in [3.05, 3.63) is 59.0 Å². The minimum Gasteiger partial charge on any atom is -0.467 e. The van der Waals surface area contributed by atoms with Crippen molar-refractivity contribution in [1.29, 1.82) is 0 Å². The number of rotatable bonds is 9. The second-order valence-corrected chi connectivity index (χ2v) is 5.86. The predicted octanol–water partition coefficient (Wildman–Crippen LogP) is 2.77. The molecule has 1 aromatic heterocycles. The highest BCUT2D eigenvalue weighted by atomic mass is 35.5. The fourth-order valence-electron chi connectivity index (χ4n) is 2.09. The Labute approximate surface area is 151 Å². The number of amides is 2. The van der Waals surface area contributed by atoms with Gasteiger partial charge in [-0.05, 0) is 37.6 Å². The molecule has 6 nitrogen and oxygen atoms in total. The smallest absolute Gasteiger partial charge is 0.253 e. The Morgan fingerprint density at radius 3 is 2.76 bits per heavy atom. The molecule has 134 valence electrons. The first-order valence-electron chi connectivity index (χ1n) is 8.01. The summed E-state index contributed by atoms with van der Waals surface area (Å²) in [4.78, 5) is 24.1. The van der Waals surface area contributed by atoms with Gasteiger partial charge in [0.1, 0.15) is 18.4 Å². The molecule has 0 saturated carbocycles. The van der Waals surface area contributed by atoms with Crippen molar-refractivity contribution in [1.82, 2.24) is 10.6 Å². The Balaban J connectivity index is 1.63. The predicted molar refractivity (Wildman–Crippen MR) is 94.4 cm³/mol. The molecule has 0 aliphatic heterocycles. The van der Waals surface area contributed by atoms with Gasteiger partial charge in [-0.15, -0.1) is 0 Å². The van der Waals surface area contributed by atoms with Crippen molar-refractivity contribution in [3.63, 3.8) is 0 Å². The minimum absolute atomic E-state index is 0.258. The lowest BCUT2D eigenvalue weighted by Gasteiger charge is -2.14. The molecular weight excluding hydrogens is 344 g/mol. The van der Waals surface area contributed by atoms with Crippen molar-refractivity contribution in [2.24, 2.45) is 0 Å². The van der Waals surface area contributed by atoms with Crippen LogP contribution in [-0.2, 0) is 16.1 Å². The highest BCUT2D eigenvalue weighted by molar-refractivity contribution is 6.33. The SMILES string of the molecule is CC(NC(=O)c1ccccc1Cl)C(=O)NCCCOCc1ccco1. The average molecular weight is 365 g/mol. The van der Waals surface area contributed by atoms with E-state index in [4.69, 9.17) is 20.8 Å². The zero-order valence-corrected chi connectivity index (χ0v) is 14.7. The van der Waals surface area contributed by atoms with Crippen LogP contribution in [0.1, 0.15) is 29.5 Å². The molecule has 1 atom stereocenters. The molecular formula is C18H21ClN2O4. The Bertz CT molecular complexity index is 688. The van der Waals surface area contributed by atoms with Gasteiger partial charge in [0.15, 0.2) is 0 Å². The van der Waals surface area contributed by atoms with Crippen LogP contribution in [0, 0.1) is 0 Å². The van der Waals surface area contributed by atoms with E-state index < -0.39 is 6.04 Å². The molecule has 0 fully saturated rings. The van der Waals surface area contributed by atoms with Crippen molar-refractivity contribution < 1.29 is 18.7 Å². The van der Waals surface area contributed by atoms with Crippen LogP contribution in [0.15, 0.2) is 47.1 Å². The number of ether oxygens (including phenoxy) is 1. The first-order chi connectivity index (χ1) is 12.1. The summed E-state index contributed by atoms with van der Waals surface area (Å²) in [6, 6.07) is 9.68. The van der Waals surface area contributed by atoms with Crippen molar-refractivity contribution in [2.45, 2.75) is 26.0 Å². The van der Waals surface area contributed by atoms with E-state index in [1.165, 1.54) is 0 Å². The Hall–Kier alpha value is -2.31. The van der Waals surface area contributed by atoms with Gasteiger partial charge in [-0.3, -0.25) is 9.59 Å². The monoisotopic (exact) mass is 364 g/mol. The van der Waals surface area contributed by atoms with Gasteiger partial charge in [-0.25, -0.2) is 0 Å². The number of carbonyl (C=O) groups is 2. The summed E-state index contributed by atoms with van der Waals surface area (Å²) >= 11 is 5.97. The van der Waals surface area contributed by atoms with Crippen LogP contribution in [-0.4, -0.2) is 31.0 Å². The second-order valence-electron chi connectivity index (χ2n) is 5.45. The molecule has 1 heterocycles. The van der Waals surface area contributed by atoms with E-state index in [-0.39, 0.29) is 11.8 Å². The Morgan fingerprint density at radius 1 is 1.24 bits per heavy atom. The van der Waals surface area contributed by atoms with Gasteiger partial charge in [0.2, 0.25) is 5.91 Å². The van der Waals surface area contributed by atoms with Crippen LogP contribution in [0.5, 0.6) is 0 Å². The summed E-state index contributed by atoms with van der Waals surface area (Å²) < 4.78 is 10.6. The van der Waals surface area contributed by atoms with Gasteiger partial charge < -0.3 is 19.8 Å². The van der Waals surface area contributed by atoms with E-state index in [1.54, 1.807) is 43.5 Å². The summed E-state index contributed by atoms with van der Waals surface area (Å²) in [6.45, 7) is 2.99. The molecule has 0 bridgehead atoms. The zero-order valence-electron chi connectivity index (χ0n) is 14.0. The molecule has 2 amide bonds. The molecule has 1 aromatic carbocycles. The molecule has 7 heteroatoms. The maximum Gasteiger partial charge on any atom is 0.253 e. The van der Waals surface area contributed by atoms with Crippen LogP contribution in [0.25, 0.3) is 0 Å². The Kier molecular flexibility index (Phi) is 7.50. The van der Waals surface area contributed by atoms with Crippen molar-refractivity contribution in [3.8, 4) is 0 Å². The number of benzene rings is 1. The fourth-order valence-corrected chi connectivity index (χ4v) is 2.31. The number of hydrogen-bond acceptors (Lipinski definition) is 4. The number of carbonyl (C=O) groups excluding carboxylic acids is 2. The maximum atomic E-state index is 12.1. The quantitative estimate of drug-likeness (QED) is 0.670. The summed E-state index contributed by atoms with van der Waals surface area (Å²) in [6.07, 6.45) is 2.26. The third-order valence-electron chi connectivity index (χ3n) is 3.45. The molecule has 0 aliphatic rings. The molecule has 25 heavy (non-hydrogen) atoms. The lowest BCUT2D eigenvalue weighted by Crippen LogP contribution is -2.45. The van der Waals surface area contributed by atoms with Crippen molar-refractivity contribution >= 4 is 23.4 Å². The molecule has 0 saturated heterocycles. The second kappa shape index (κ2) is 9.86. The number of hydrogen-bond donors (Lipinski definition) is 2. The summed E-state index contributed by atoms with van der Waals surface area (Å²) in [5.74, 6) is 0.126. The van der Waals surface area contributed by atoms with E-state index in [0.29, 0.717) is 36.8 Å². The number of halogens is 1. The normalized spacial score (nSPS) is 11.8. The summed E-state index contributed by atoms with van der Waals surface area (Å²) in [7, 11) is 0. The first kappa shape index (κ1) is 19.0. The molecule has 0 aliphatic carbocycles. The van der Waals surface area contributed by atoms with Gasteiger partial charge in [0.25, 0.3) is 5.91 Å². The fraction of sp³-hybridized carbons (Fsp3) is 0.333. The largest absolute Gasteiger partial charge is 0.467 e. The lowest BCUT2D eigenvalue weighted by atomic mass is 10.2. The third-order valence-corrected chi connectivity index (χ3v) is 3.78. The standard InChI is InChI=1S/C18H21ClN2O4/c1-13(21-18(23)15-7-2-3-8-16(15)19)17(22)20-9-5-10-24-12-14-6-4-11-25-14/h2-4,6-8,11,13H,5,9-10,12H2,1H3,(H,20,22)(H,21,23). The lowest BCUT2D eigenvalue weighted by molar-refractivity contribution is -0.122. The molecule has 0 spiro atoms. The van der Waals surface area contributed by atoms with Crippen LogP contribution >= 0.6 is 11.6 Å². The molecule has 2 aromatic rings. The maximum absolute atomic E-state index is 12.1. The molecule has 0 radical (unpaired) electrons. The molecule has 1 unspecified atom stereocenters. The van der Waals surface area contributed by atoms with E-state index >= 15 is 0 Å². The van der Waals surface area contributed by atoms with E-state index in [9.17, 15) is 9.59 Å². The number of furan rings is 1. The highest BCUT2D eigenvalue weighted by Crippen LogP contribution is 2.14. The summed E-state index contributed by atoms with van der Waals surface area (Å²) in [5.41, 5.74) is 0.343. The number of nitrogens with one attached hydrogen (secondary N) is 2.